The monoisotopic (exact) mass is 299 g/mol. The Labute approximate surface area is 123 Å². The molecule has 0 aliphatic rings. The smallest absolute Gasteiger partial charge is 0.329 e. The molecule has 0 fully saturated rings. The molecule has 118 valence electrons. The summed E-state index contributed by atoms with van der Waals surface area (Å²) in [5.41, 5.74) is -0.123. The molecule has 9 heteroatoms. The number of anilines is 2. The Hall–Kier alpha value is -2.00. The molecule has 1 rings (SSSR count). The van der Waals surface area contributed by atoms with E-state index in [2.05, 4.69) is 15.3 Å². The second kappa shape index (κ2) is 9.03. The van der Waals surface area contributed by atoms with Crippen LogP contribution in [0.1, 0.15) is 6.42 Å². The molecule has 1 N–H and O–H groups in total. The van der Waals surface area contributed by atoms with Gasteiger partial charge < -0.3 is 19.7 Å². The molecule has 0 bridgehead atoms. The van der Waals surface area contributed by atoms with Gasteiger partial charge in [0.15, 0.2) is 0 Å². The highest BCUT2D eigenvalue weighted by atomic mass is 16.6. The van der Waals surface area contributed by atoms with E-state index < -0.39 is 4.92 Å². The Morgan fingerprint density at radius 3 is 2.62 bits per heavy atom. The summed E-state index contributed by atoms with van der Waals surface area (Å²) in [4.78, 5) is 20.6. The summed E-state index contributed by atoms with van der Waals surface area (Å²) in [6.45, 7) is 2.10. The Morgan fingerprint density at radius 1 is 1.33 bits per heavy atom. The van der Waals surface area contributed by atoms with E-state index >= 15 is 0 Å². The average Bonchev–Trinajstić information content (AvgIpc) is 2.50. The summed E-state index contributed by atoms with van der Waals surface area (Å²) in [5, 5.41) is 13.9. The maximum Gasteiger partial charge on any atom is 0.329 e. The van der Waals surface area contributed by atoms with Gasteiger partial charge in [-0.25, -0.2) is 4.98 Å². The zero-order valence-electron chi connectivity index (χ0n) is 12.5. The minimum atomic E-state index is -0.481. The lowest BCUT2D eigenvalue weighted by atomic mass is 10.3. The van der Waals surface area contributed by atoms with Crippen molar-refractivity contribution in [3.05, 3.63) is 16.3 Å². The predicted molar refractivity (Wildman–Crippen MR) is 78.8 cm³/mol. The van der Waals surface area contributed by atoms with Gasteiger partial charge in [0.1, 0.15) is 6.20 Å². The highest BCUT2D eigenvalue weighted by molar-refractivity contribution is 5.58. The van der Waals surface area contributed by atoms with Crippen molar-refractivity contribution >= 4 is 17.5 Å². The number of methoxy groups -OCH3 is 2. The fourth-order valence-electron chi connectivity index (χ4n) is 1.77. The first-order valence-corrected chi connectivity index (χ1v) is 6.56. The van der Waals surface area contributed by atoms with E-state index in [4.69, 9.17) is 9.47 Å². The summed E-state index contributed by atoms with van der Waals surface area (Å²) >= 11 is 0. The quantitative estimate of drug-likeness (QED) is 0.386. The summed E-state index contributed by atoms with van der Waals surface area (Å²) in [5.74, 6) is 0.622. The van der Waals surface area contributed by atoms with Gasteiger partial charge in [0.25, 0.3) is 0 Å². The molecule has 0 aromatic carbocycles. The number of hydrogen-bond acceptors (Lipinski definition) is 8. The van der Waals surface area contributed by atoms with Crippen LogP contribution < -0.4 is 10.2 Å². The van der Waals surface area contributed by atoms with E-state index in [1.54, 1.807) is 21.3 Å². The molecule has 1 aromatic rings. The van der Waals surface area contributed by atoms with Crippen molar-refractivity contribution in [2.75, 3.05) is 57.8 Å². The van der Waals surface area contributed by atoms with Gasteiger partial charge in [-0.05, 0) is 6.42 Å². The van der Waals surface area contributed by atoms with Crippen molar-refractivity contribution in [3.63, 3.8) is 0 Å². The van der Waals surface area contributed by atoms with E-state index in [9.17, 15) is 10.1 Å². The molecular formula is C12H21N5O4. The summed E-state index contributed by atoms with van der Waals surface area (Å²) < 4.78 is 10.1. The third-order valence-electron chi connectivity index (χ3n) is 2.81. The van der Waals surface area contributed by atoms with Crippen LogP contribution in [0.2, 0.25) is 0 Å². The number of aromatic nitrogens is 2. The number of rotatable bonds is 10. The fourth-order valence-corrected chi connectivity index (χ4v) is 1.77. The maximum absolute atomic E-state index is 11.2. The van der Waals surface area contributed by atoms with Gasteiger partial charge in [0.2, 0.25) is 11.8 Å². The van der Waals surface area contributed by atoms with Crippen molar-refractivity contribution in [2.24, 2.45) is 0 Å². The Bertz CT molecular complexity index is 457. The number of nitrogens with zero attached hydrogens (tertiary/aromatic N) is 4. The van der Waals surface area contributed by atoms with E-state index in [-0.39, 0.29) is 11.5 Å². The van der Waals surface area contributed by atoms with Crippen LogP contribution in [0.25, 0.3) is 0 Å². The van der Waals surface area contributed by atoms with Gasteiger partial charge in [0.05, 0.1) is 11.5 Å². The van der Waals surface area contributed by atoms with E-state index in [0.29, 0.717) is 32.3 Å². The lowest BCUT2D eigenvalue weighted by Gasteiger charge is -2.23. The SMILES string of the molecule is CNc1ncc([N+](=O)[O-])c(N(CCCOC)CCOC)n1. The summed E-state index contributed by atoms with van der Waals surface area (Å²) in [6, 6.07) is 0. The zero-order valence-corrected chi connectivity index (χ0v) is 12.5. The minimum absolute atomic E-state index is 0.123. The van der Waals surface area contributed by atoms with Crippen LogP contribution in [0.4, 0.5) is 17.5 Å². The fraction of sp³-hybridized carbons (Fsp3) is 0.667. The number of ether oxygens (including phenoxy) is 2. The molecule has 0 amide bonds. The molecule has 0 aliphatic carbocycles. The van der Waals surface area contributed by atoms with Crippen LogP contribution >= 0.6 is 0 Å². The largest absolute Gasteiger partial charge is 0.385 e. The second-order valence-electron chi connectivity index (χ2n) is 4.24. The molecule has 0 unspecified atom stereocenters. The van der Waals surface area contributed by atoms with Gasteiger partial charge in [0, 0.05) is 41.0 Å². The van der Waals surface area contributed by atoms with E-state index in [0.717, 1.165) is 6.42 Å². The number of hydrogen-bond donors (Lipinski definition) is 1. The first-order valence-electron chi connectivity index (χ1n) is 6.56. The molecule has 9 nitrogen and oxygen atoms in total. The highest BCUT2D eigenvalue weighted by Crippen LogP contribution is 2.26. The standard InChI is InChI=1S/C12H21N5O4/c1-13-12-14-9-10(17(18)19)11(15-12)16(6-8-21-3)5-4-7-20-2/h9H,4-8H2,1-3H3,(H,13,14,15). The Morgan fingerprint density at radius 2 is 2.05 bits per heavy atom. The molecule has 0 radical (unpaired) electrons. The van der Waals surface area contributed by atoms with Crippen LogP contribution in [0.3, 0.4) is 0 Å². The van der Waals surface area contributed by atoms with Crippen LogP contribution in [-0.4, -0.2) is 62.5 Å². The van der Waals surface area contributed by atoms with Gasteiger partial charge in [-0.2, -0.15) is 4.98 Å². The first kappa shape index (κ1) is 17.1. The predicted octanol–water partition coefficient (Wildman–Crippen LogP) is 0.916. The topological polar surface area (TPSA) is 103 Å². The lowest BCUT2D eigenvalue weighted by molar-refractivity contribution is -0.384. The van der Waals surface area contributed by atoms with Crippen LogP contribution in [0.15, 0.2) is 6.20 Å². The highest BCUT2D eigenvalue weighted by Gasteiger charge is 2.22. The number of nitrogens with one attached hydrogen (secondary N) is 1. The number of nitro groups is 1. The maximum atomic E-state index is 11.2. The van der Waals surface area contributed by atoms with Gasteiger partial charge in [-0.3, -0.25) is 10.1 Å². The molecule has 21 heavy (non-hydrogen) atoms. The normalized spacial score (nSPS) is 10.4. The zero-order chi connectivity index (χ0) is 15.7. The van der Waals surface area contributed by atoms with Gasteiger partial charge in [-0.1, -0.05) is 0 Å². The van der Waals surface area contributed by atoms with Crippen molar-refractivity contribution in [1.82, 2.24) is 9.97 Å². The van der Waals surface area contributed by atoms with Crippen molar-refractivity contribution in [3.8, 4) is 0 Å². The third-order valence-corrected chi connectivity index (χ3v) is 2.81. The third kappa shape index (κ3) is 5.12. The van der Waals surface area contributed by atoms with Crippen LogP contribution in [0.5, 0.6) is 0 Å². The Balaban J connectivity index is 3.03. The molecule has 0 spiro atoms. The van der Waals surface area contributed by atoms with Crippen LogP contribution in [-0.2, 0) is 9.47 Å². The van der Waals surface area contributed by atoms with Crippen LogP contribution in [0, 0.1) is 10.1 Å². The lowest BCUT2D eigenvalue weighted by Crippen LogP contribution is -2.30. The Kier molecular flexibility index (Phi) is 7.33. The minimum Gasteiger partial charge on any atom is -0.385 e. The summed E-state index contributed by atoms with van der Waals surface area (Å²) in [6.07, 6.45) is 1.94. The van der Waals surface area contributed by atoms with Gasteiger partial charge in [-0.15, -0.1) is 0 Å². The average molecular weight is 299 g/mol. The molecule has 1 heterocycles. The van der Waals surface area contributed by atoms with Gasteiger partial charge >= 0.3 is 5.69 Å². The molecule has 0 atom stereocenters. The molecular weight excluding hydrogens is 278 g/mol. The molecule has 0 saturated carbocycles. The second-order valence-corrected chi connectivity index (χ2v) is 4.24. The van der Waals surface area contributed by atoms with E-state index in [1.165, 1.54) is 6.20 Å². The van der Waals surface area contributed by atoms with Crippen molar-refractivity contribution in [1.29, 1.82) is 0 Å². The molecule has 0 saturated heterocycles. The molecule has 1 aromatic heterocycles. The van der Waals surface area contributed by atoms with E-state index in [1.807, 2.05) is 4.90 Å². The first-order chi connectivity index (χ1) is 10.1. The van der Waals surface area contributed by atoms with Crippen molar-refractivity contribution in [2.45, 2.75) is 6.42 Å². The molecule has 0 aliphatic heterocycles. The summed E-state index contributed by atoms with van der Waals surface area (Å²) in [7, 11) is 4.86. The van der Waals surface area contributed by atoms with Crippen molar-refractivity contribution < 1.29 is 14.4 Å².